The van der Waals surface area contributed by atoms with Gasteiger partial charge in [-0.25, -0.2) is 8.42 Å². The summed E-state index contributed by atoms with van der Waals surface area (Å²) < 4.78 is 32.6. The summed E-state index contributed by atoms with van der Waals surface area (Å²) in [5, 5.41) is 3.56. The molecule has 41 heavy (non-hydrogen) atoms. The predicted octanol–water partition coefficient (Wildman–Crippen LogP) is 3.58. The number of esters is 1. The highest BCUT2D eigenvalue weighted by molar-refractivity contribution is 7.89. The fraction of sp³-hybridized carbons (Fsp3) is 0.552. The van der Waals surface area contributed by atoms with Gasteiger partial charge in [0.25, 0.3) is 11.8 Å². The number of likely N-dealkylation sites (tertiary alicyclic amines) is 1. The molecule has 2 saturated heterocycles. The Labute approximate surface area is 245 Å². The van der Waals surface area contributed by atoms with E-state index in [1.165, 1.54) is 47.0 Å². The van der Waals surface area contributed by atoms with Crippen LogP contribution in [0.25, 0.3) is 0 Å². The van der Waals surface area contributed by atoms with Crippen molar-refractivity contribution in [1.82, 2.24) is 14.1 Å². The van der Waals surface area contributed by atoms with Gasteiger partial charge < -0.3 is 15.0 Å². The van der Waals surface area contributed by atoms with Gasteiger partial charge in [0.2, 0.25) is 10.0 Å². The van der Waals surface area contributed by atoms with Crippen LogP contribution in [0.3, 0.4) is 0 Å². The molecule has 0 radical (unpaired) electrons. The monoisotopic (exact) mass is 602 g/mol. The van der Waals surface area contributed by atoms with E-state index in [2.05, 4.69) is 17.1 Å². The molecule has 3 aliphatic heterocycles. The average Bonchev–Trinajstić information content (AvgIpc) is 3.65. The van der Waals surface area contributed by atoms with E-state index in [-0.39, 0.29) is 41.7 Å². The lowest BCUT2D eigenvalue weighted by Gasteiger charge is -2.29. The van der Waals surface area contributed by atoms with Crippen molar-refractivity contribution in [2.45, 2.75) is 56.9 Å². The Balaban J connectivity index is 1.32. The second kappa shape index (κ2) is 12.6. The van der Waals surface area contributed by atoms with Crippen molar-refractivity contribution < 1.29 is 27.5 Å². The van der Waals surface area contributed by atoms with E-state index in [0.717, 1.165) is 68.8 Å². The number of thiophene rings is 1. The summed E-state index contributed by atoms with van der Waals surface area (Å²) in [6.07, 6.45) is 4.63. The largest absolute Gasteiger partial charge is 0.469 e. The van der Waals surface area contributed by atoms with Crippen molar-refractivity contribution in [1.29, 1.82) is 0 Å². The van der Waals surface area contributed by atoms with Gasteiger partial charge in [0, 0.05) is 49.7 Å². The molecule has 3 aliphatic rings. The lowest BCUT2D eigenvalue weighted by molar-refractivity contribution is -0.146. The summed E-state index contributed by atoms with van der Waals surface area (Å²) in [7, 11) is -2.43. The van der Waals surface area contributed by atoms with Gasteiger partial charge in [-0.15, -0.1) is 11.3 Å². The molecule has 2 aromatic rings. The van der Waals surface area contributed by atoms with Crippen molar-refractivity contribution in [3.63, 3.8) is 0 Å². The summed E-state index contributed by atoms with van der Waals surface area (Å²) in [4.78, 5) is 44.2. The number of nitrogens with zero attached hydrogens (tertiary/aromatic N) is 3. The molecule has 0 bridgehead atoms. The van der Waals surface area contributed by atoms with Crippen LogP contribution in [0.4, 0.5) is 5.00 Å². The minimum Gasteiger partial charge on any atom is -0.469 e. The Morgan fingerprint density at radius 1 is 1.02 bits per heavy atom. The fourth-order valence-corrected chi connectivity index (χ4v) is 8.70. The smallest absolute Gasteiger partial charge is 0.308 e. The average molecular weight is 603 g/mol. The molecule has 2 fully saturated rings. The number of rotatable bonds is 8. The highest BCUT2D eigenvalue weighted by Crippen LogP contribution is 2.39. The molecular weight excluding hydrogens is 564 g/mol. The number of nitrogens with one attached hydrogen (secondary N) is 1. The molecule has 222 valence electrons. The molecular formula is C29H38N4O6S2. The number of fused-ring (bicyclic) bond motifs is 1. The zero-order chi connectivity index (χ0) is 29.1. The number of carbonyl (C=O) groups is 3. The predicted molar refractivity (Wildman–Crippen MR) is 157 cm³/mol. The maximum absolute atomic E-state index is 13.6. The first-order valence-electron chi connectivity index (χ1n) is 14.4. The highest BCUT2D eigenvalue weighted by atomic mass is 32.2. The van der Waals surface area contributed by atoms with Gasteiger partial charge in [-0.3, -0.25) is 19.3 Å². The maximum atomic E-state index is 13.6. The zero-order valence-electron chi connectivity index (χ0n) is 23.7. The SMILES string of the molecule is CCCN1CCc2c(sc(NC(=O)c3ccc(S(=O)(=O)N4CCC(C(=O)OC)CC4)cc3)c2C(=O)N2CCCC2)C1. The van der Waals surface area contributed by atoms with Gasteiger partial charge in [-0.2, -0.15) is 4.31 Å². The van der Waals surface area contributed by atoms with E-state index < -0.39 is 10.0 Å². The molecule has 12 heteroatoms. The number of methoxy groups -OCH3 is 1. The van der Waals surface area contributed by atoms with Gasteiger partial charge in [-0.05, 0) is 74.9 Å². The summed E-state index contributed by atoms with van der Waals surface area (Å²) >= 11 is 1.48. The first-order chi connectivity index (χ1) is 19.7. The van der Waals surface area contributed by atoms with Crippen LogP contribution in [-0.2, 0) is 32.5 Å². The minimum atomic E-state index is -3.76. The molecule has 1 aromatic heterocycles. The lowest BCUT2D eigenvalue weighted by atomic mass is 9.99. The molecule has 10 nitrogen and oxygen atoms in total. The molecule has 4 heterocycles. The number of hydrogen-bond acceptors (Lipinski definition) is 8. The van der Waals surface area contributed by atoms with Crippen LogP contribution in [0, 0.1) is 5.92 Å². The van der Waals surface area contributed by atoms with Gasteiger partial charge in [0.15, 0.2) is 0 Å². The third-order valence-corrected chi connectivity index (χ3v) is 11.3. The van der Waals surface area contributed by atoms with E-state index in [9.17, 15) is 22.8 Å². The number of benzene rings is 1. The van der Waals surface area contributed by atoms with Crippen LogP contribution in [0.1, 0.15) is 70.2 Å². The molecule has 1 N–H and O–H groups in total. The van der Waals surface area contributed by atoms with Crippen LogP contribution in [0.5, 0.6) is 0 Å². The normalized spacial score (nSPS) is 18.7. The Kier molecular flexibility index (Phi) is 9.12. The second-order valence-electron chi connectivity index (χ2n) is 10.9. The summed E-state index contributed by atoms with van der Waals surface area (Å²) in [6, 6.07) is 5.88. The Hall–Kier alpha value is -2.80. The van der Waals surface area contributed by atoms with E-state index in [1.807, 2.05) is 4.90 Å². The quantitative estimate of drug-likeness (QED) is 0.459. The number of piperidine rings is 1. The van der Waals surface area contributed by atoms with Crippen LogP contribution >= 0.6 is 11.3 Å². The summed E-state index contributed by atoms with van der Waals surface area (Å²) in [5.74, 6) is -1.01. The van der Waals surface area contributed by atoms with E-state index in [0.29, 0.717) is 29.0 Å². The third kappa shape index (κ3) is 6.20. The minimum absolute atomic E-state index is 0.0170. The lowest BCUT2D eigenvalue weighted by Crippen LogP contribution is -2.40. The molecule has 2 amide bonds. The molecule has 0 atom stereocenters. The van der Waals surface area contributed by atoms with Gasteiger partial charge in [0.1, 0.15) is 5.00 Å². The second-order valence-corrected chi connectivity index (χ2v) is 14.0. The van der Waals surface area contributed by atoms with Crippen LogP contribution in [0.2, 0.25) is 0 Å². The van der Waals surface area contributed by atoms with Crippen molar-refractivity contribution in [3.05, 3.63) is 45.8 Å². The van der Waals surface area contributed by atoms with Gasteiger partial charge in [-0.1, -0.05) is 6.92 Å². The van der Waals surface area contributed by atoms with Crippen molar-refractivity contribution in [2.75, 3.05) is 51.7 Å². The summed E-state index contributed by atoms with van der Waals surface area (Å²) in [6.45, 7) is 6.74. The third-order valence-electron chi connectivity index (χ3n) is 8.25. The van der Waals surface area contributed by atoms with Crippen molar-refractivity contribution in [3.8, 4) is 0 Å². The number of amides is 2. The zero-order valence-corrected chi connectivity index (χ0v) is 25.3. The number of anilines is 1. The van der Waals surface area contributed by atoms with E-state index in [4.69, 9.17) is 4.74 Å². The van der Waals surface area contributed by atoms with Gasteiger partial charge in [0.05, 0.1) is 23.5 Å². The van der Waals surface area contributed by atoms with Gasteiger partial charge >= 0.3 is 5.97 Å². The Morgan fingerprint density at radius 2 is 1.71 bits per heavy atom. The van der Waals surface area contributed by atoms with Crippen molar-refractivity contribution >= 4 is 44.1 Å². The topological polar surface area (TPSA) is 116 Å². The molecule has 0 saturated carbocycles. The van der Waals surface area contributed by atoms with Crippen LogP contribution in [-0.4, -0.2) is 86.7 Å². The molecule has 0 aliphatic carbocycles. The molecule has 0 spiro atoms. The first-order valence-corrected chi connectivity index (χ1v) is 16.6. The maximum Gasteiger partial charge on any atom is 0.308 e. The molecule has 1 aromatic carbocycles. The first kappa shape index (κ1) is 29.7. The standard InChI is InChI=1S/C29H38N4O6S2/c1-3-13-31-16-12-23-24(19-31)40-27(25(23)28(35)32-14-4-5-15-32)30-26(34)20-6-8-22(9-7-20)41(37,38)33-17-10-21(11-18-33)29(36)39-2/h6-9,21H,3-5,10-19H2,1-2H3,(H,30,34). The van der Waals surface area contributed by atoms with Crippen LogP contribution < -0.4 is 5.32 Å². The highest BCUT2D eigenvalue weighted by Gasteiger charge is 2.34. The number of sulfonamides is 1. The Morgan fingerprint density at radius 3 is 2.34 bits per heavy atom. The summed E-state index contributed by atoms with van der Waals surface area (Å²) in [5.41, 5.74) is 1.98. The molecule has 5 rings (SSSR count). The van der Waals surface area contributed by atoms with Crippen LogP contribution in [0.15, 0.2) is 29.2 Å². The number of hydrogen-bond donors (Lipinski definition) is 1. The number of carbonyl (C=O) groups excluding carboxylic acids is 3. The number of ether oxygens (including phenoxy) is 1. The fourth-order valence-electron chi connectivity index (χ4n) is 5.96. The van der Waals surface area contributed by atoms with Crippen molar-refractivity contribution in [2.24, 2.45) is 5.92 Å². The Bertz CT molecular complexity index is 1390. The molecule has 0 unspecified atom stereocenters. The van der Waals surface area contributed by atoms with E-state index >= 15 is 0 Å². The van der Waals surface area contributed by atoms with E-state index in [1.54, 1.807) is 0 Å².